The molecule has 0 aliphatic rings. The average molecular weight is 433 g/mol. The molecule has 30 heavy (non-hydrogen) atoms. The van der Waals surface area contributed by atoms with Crippen LogP contribution in [0.2, 0.25) is 0 Å². The fourth-order valence-corrected chi connectivity index (χ4v) is 3.25. The number of hydrazone groups is 1. The van der Waals surface area contributed by atoms with Gasteiger partial charge in [-0.1, -0.05) is 30.3 Å². The van der Waals surface area contributed by atoms with Crippen molar-refractivity contribution < 1.29 is 32.3 Å². The molecular formula is C19H19N3O7S. The van der Waals surface area contributed by atoms with Crippen LogP contribution in [0.25, 0.3) is 0 Å². The maximum Gasteiger partial charge on any atom is 0.427 e. The van der Waals surface area contributed by atoms with Crippen LogP contribution >= 0.6 is 0 Å². The number of nitrogens with one attached hydrogen (secondary N) is 1. The molecule has 0 aliphatic carbocycles. The molecule has 3 N–H and O–H groups in total. The van der Waals surface area contributed by atoms with Gasteiger partial charge in [-0.25, -0.2) is 23.8 Å². The predicted molar refractivity (Wildman–Crippen MR) is 107 cm³/mol. The molecule has 0 saturated heterocycles. The molecule has 0 fully saturated rings. The van der Waals surface area contributed by atoms with Crippen LogP contribution in [0.3, 0.4) is 0 Å². The van der Waals surface area contributed by atoms with Gasteiger partial charge in [-0.3, -0.25) is 9.59 Å². The zero-order valence-corrected chi connectivity index (χ0v) is 16.9. The molecule has 2 aromatic rings. The molecule has 0 aliphatic heterocycles. The van der Waals surface area contributed by atoms with Crippen molar-refractivity contribution in [1.29, 1.82) is 0 Å². The Morgan fingerprint density at radius 1 is 1.03 bits per heavy atom. The highest BCUT2D eigenvalue weighted by Crippen LogP contribution is 2.23. The number of nitrogens with two attached hydrogens (primary N) is 1. The molecule has 0 unspecified atom stereocenters. The first-order valence-corrected chi connectivity index (χ1v) is 10.0. The molecule has 0 saturated carbocycles. The van der Waals surface area contributed by atoms with Gasteiger partial charge >= 0.3 is 12.1 Å². The van der Waals surface area contributed by atoms with E-state index in [0.29, 0.717) is 0 Å². The van der Waals surface area contributed by atoms with E-state index in [0.717, 1.165) is 7.11 Å². The highest BCUT2D eigenvalue weighted by Gasteiger charge is 2.22. The van der Waals surface area contributed by atoms with E-state index in [-0.39, 0.29) is 27.5 Å². The zero-order valence-electron chi connectivity index (χ0n) is 16.1. The fraction of sp³-hybridized carbons (Fsp3) is 0.158. The number of ether oxygens (including phenoxy) is 2. The van der Waals surface area contributed by atoms with Gasteiger partial charge in [0, 0.05) is 18.1 Å². The second kappa shape index (κ2) is 9.76. The summed E-state index contributed by atoms with van der Waals surface area (Å²) in [6.45, 7) is 1.20. The van der Waals surface area contributed by atoms with E-state index in [1.807, 2.05) is 0 Å². The largest absolute Gasteiger partial charge is 0.452 e. The van der Waals surface area contributed by atoms with Crippen LogP contribution in [0.1, 0.15) is 29.3 Å². The SMILES string of the molecule is COC(=O)N/N=C(\CC(=O)c1ccccc1S(N)(=O)=O)c1ccccc1OC(C)=O. The number of hydrogen-bond acceptors (Lipinski definition) is 8. The second-order valence-electron chi connectivity index (χ2n) is 5.89. The number of Topliss-reactive ketones (excluding diaryl/α,β-unsaturated/α-hetero) is 1. The van der Waals surface area contributed by atoms with Crippen molar-refractivity contribution >= 4 is 33.6 Å². The molecule has 0 heterocycles. The van der Waals surface area contributed by atoms with Crippen LogP contribution in [0.4, 0.5) is 4.79 Å². The minimum atomic E-state index is -4.15. The molecule has 2 rings (SSSR count). The van der Waals surface area contributed by atoms with Crippen molar-refractivity contribution in [2.45, 2.75) is 18.2 Å². The number of sulfonamides is 1. The highest BCUT2D eigenvalue weighted by molar-refractivity contribution is 7.89. The summed E-state index contributed by atoms with van der Waals surface area (Å²) in [5.41, 5.74) is 2.21. The van der Waals surface area contributed by atoms with E-state index in [4.69, 9.17) is 9.88 Å². The Balaban J connectivity index is 2.50. The van der Waals surface area contributed by atoms with Gasteiger partial charge in [0.25, 0.3) is 0 Å². The summed E-state index contributed by atoms with van der Waals surface area (Å²) < 4.78 is 33.2. The number of carbonyl (C=O) groups is 3. The monoisotopic (exact) mass is 433 g/mol. The lowest BCUT2D eigenvalue weighted by atomic mass is 10.00. The van der Waals surface area contributed by atoms with Crippen molar-refractivity contribution in [2.75, 3.05) is 7.11 Å². The lowest BCUT2D eigenvalue weighted by Gasteiger charge is -2.12. The number of hydrogen-bond donors (Lipinski definition) is 2. The van der Waals surface area contributed by atoms with Gasteiger partial charge in [-0.05, 0) is 18.2 Å². The number of carbonyl (C=O) groups excluding carboxylic acids is 3. The summed E-state index contributed by atoms with van der Waals surface area (Å²) >= 11 is 0. The maximum absolute atomic E-state index is 12.9. The molecule has 0 radical (unpaired) electrons. The van der Waals surface area contributed by atoms with Gasteiger partial charge in [-0.15, -0.1) is 0 Å². The second-order valence-corrected chi connectivity index (χ2v) is 7.42. The Hall–Kier alpha value is -3.57. The van der Waals surface area contributed by atoms with E-state index >= 15 is 0 Å². The number of ketones is 1. The average Bonchev–Trinajstić information content (AvgIpc) is 2.70. The van der Waals surface area contributed by atoms with Gasteiger partial charge in [0.05, 0.1) is 24.1 Å². The van der Waals surface area contributed by atoms with Crippen LogP contribution in [0.15, 0.2) is 58.5 Å². The van der Waals surface area contributed by atoms with Crippen LogP contribution < -0.4 is 15.3 Å². The van der Waals surface area contributed by atoms with E-state index in [1.54, 1.807) is 12.1 Å². The third-order valence-electron chi connectivity index (χ3n) is 3.74. The summed E-state index contributed by atoms with van der Waals surface area (Å²) in [4.78, 5) is 35.4. The Kier molecular flexibility index (Phi) is 7.39. The van der Waals surface area contributed by atoms with Crippen molar-refractivity contribution in [1.82, 2.24) is 5.43 Å². The van der Waals surface area contributed by atoms with Crippen molar-refractivity contribution in [3.63, 3.8) is 0 Å². The van der Waals surface area contributed by atoms with E-state index in [1.165, 1.54) is 43.3 Å². The summed E-state index contributed by atoms with van der Waals surface area (Å²) in [7, 11) is -3.02. The molecule has 2 aromatic carbocycles. The Morgan fingerprint density at radius 3 is 2.23 bits per heavy atom. The quantitative estimate of drug-likeness (QED) is 0.221. The molecule has 1 amide bonds. The number of esters is 1. The zero-order chi connectivity index (χ0) is 22.3. The standard InChI is InChI=1S/C19H19N3O7S/c1-12(23)29-17-9-5-3-7-13(17)15(21-22-19(25)28-2)11-16(24)14-8-4-6-10-18(14)30(20,26)27/h3-10H,11H2,1-2H3,(H,22,25)(H2,20,26,27)/b21-15+. The minimum absolute atomic E-state index is 0.00599. The number of methoxy groups -OCH3 is 1. The highest BCUT2D eigenvalue weighted by atomic mass is 32.2. The number of primary sulfonamides is 1. The van der Waals surface area contributed by atoms with E-state index in [9.17, 15) is 22.8 Å². The first kappa shape index (κ1) is 22.7. The maximum atomic E-state index is 12.9. The van der Waals surface area contributed by atoms with E-state index in [2.05, 4.69) is 15.3 Å². The lowest BCUT2D eigenvalue weighted by Crippen LogP contribution is -2.23. The number of benzene rings is 2. The number of nitrogens with zero attached hydrogens (tertiary/aromatic N) is 1. The van der Waals surface area contributed by atoms with Crippen molar-refractivity contribution in [3.05, 3.63) is 59.7 Å². The van der Waals surface area contributed by atoms with Crippen molar-refractivity contribution in [2.24, 2.45) is 10.2 Å². The van der Waals surface area contributed by atoms with Gasteiger partial charge in [0.1, 0.15) is 5.75 Å². The summed E-state index contributed by atoms with van der Waals surface area (Å²) in [5.74, 6) is -1.14. The molecule has 0 atom stereocenters. The van der Waals surface area contributed by atoms with Gasteiger partial charge < -0.3 is 9.47 Å². The van der Waals surface area contributed by atoms with Crippen LogP contribution in [-0.2, 0) is 19.6 Å². The molecular weight excluding hydrogens is 414 g/mol. The van der Waals surface area contributed by atoms with Crippen molar-refractivity contribution in [3.8, 4) is 5.75 Å². The topological polar surface area (TPSA) is 154 Å². The first-order chi connectivity index (χ1) is 14.1. The number of para-hydroxylation sites is 1. The molecule has 158 valence electrons. The Bertz CT molecular complexity index is 1110. The number of amides is 1. The molecule has 10 nitrogen and oxygen atoms in total. The normalized spacial score (nSPS) is 11.5. The first-order valence-electron chi connectivity index (χ1n) is 8.47. The minimum Gasteiger partial charge on any atom is -0.452 e. The molecule has 0 aromatic heterocycles. The van der Waals surface area contributed by atoms with Crippen LogP contribution in [0.5, 0.6) is 5.75 Å². The van der Waals surface area contributed by atoms with Crippen LogP contribution in [0, 0.1) is 0 Å². The summed E-state index contributed by atoms with van der Waals surface area (Å²) in [6.07, 6.45) is -1.33. The van der Waals surface area contributed by atoms with Gasteiger partial charge in [0.15, 0.2) is 5.78 Å². The lowest BCUT2D eigenvalue weighted by molar-refractivity contribution is -0.131. The third kappa shape index (κ3) is 5.96. The van der Waals surface area contributed by atoms with Crippen LogP contribution in [-0.4, -0.2) is 39.1 Å². The number of rotatable bonds is 7. The fourth-order valence-electron chi connectivity index (χ4n) is 2.50. The predicted octanol–water partition coefficient (Wildman–Crippen LogP) is 1.59. The Labute approximate surface area is 172 Å². The molecule has 0 spiro atoms. The summed E-state index contributed by atoms with van der Waals surface area (Å²) in [5, 5.41) is 9.08. The van der Waals surface area contributed by atoms with E-state index < -0.39 is 34.3 Å². The Morgan fingerprint density at radius 2 is 1.63 bits per heavy atom. The smallest absolute Gasteiger partial charge is 0.427 e. The summed E-state index contributed by atoms with van der Waals surface area (Å²) in [6, 6.07) is 11.6. The van der Waals surface area contributed by atoms with Gasteiger partial charge in [-0.2, -0.15) is 5.10 Å². The van der Waals surface area contributed by atoms with Gasteiger partial charge in [0.2, 0.25) is 10.0 Å². The molecule has 0 bridgehead atoms. The molecule has 11 heteroatoms. The third-order valence-corrected chi connectivity index (χ3v) is 4.71.